The molecule has 4 nitrogen and oxygen atoms in total. The minimum Gasteiger partial charge on any atom is -0.304 e. The maximum atomic E-state index is 3.88. The molecule has 0 N–H and O–H groups in total. The summed E-state index contributed by atoms with van der Waals surface area (Å²) in [7, 11) is 3.55. The molecule has 4 heteroatoms. The number of aryl methyl sites for hydroxylation is 1. The van der Waals surface area contributed by atoms with Gasteiger partial charge in [0.1, 0.15) is 6.33 Å². The van der Waals surface area contributed by atoms with E-state index in [1.807, 2.05) is 7.05 Å². The van der Waals surface area contributed by atoms with Gasteiger partial charge >= 0.3 is 0 Å². The molecule has 0 aliphatic carbocycles. The summed E-state index contributed by atoms with van der Waals surface area (Å²) in [6.45, 7) is 0. The summed E-state index contributed by atoms with van der Waals surface area (Å²) in [5, 5.41) is 0. The van der Waals surface area contributed by atoms with Crippen molar-refractivity contribution >= 4 is 0 Å². The third-order valence-corrected chi connectivity index (χ3v) is 0.995. The van der Waals surface area contributed by atoms with Crippen LogP contribution in [0.5, 0.6) is 0 Å². The molecule has 1 heterocycles. The Bertz CT molecular complexity index is 249. The Kier molecular flexibility index (Phi) is 1.58. The molecule has 9 heavy (non-hydrogen) atoms. The van der Waals surface area contributed by atoms with E-state index in [4.69, 9.17) is 0 Å². The second-order valence-electron chi connectivity index (χ2n) is 1.64. The van der Waals surface area contributed by atoms with Gasteiger partial charge in [0, 0.05) is 14.1 Å². The molecule has 0 amide bonds. The third-order valence-electron chi connectivity index (χ3n) is 0.995. The second-order valence-corrected chi connectivity index (χ2v) is 1.64. The number of nitrogens with zero attached hydrogens (tertiary/aromatic N) is 4. The van der Waals surface area contributed by atoms with Crippen molar-refractivity contribution in [1.82, 2.24) is 14.5 Å². The van der Waals surface area contributed by atoms with Crippen LogP contribution in [0.4, 0.5) is 0 Å². The Hall–Kier alpha value is -1.19. The summed E-state index contributed by atoms with van der Waals surface area (Å²) >= 11 is 0. The molecule has 1 aromatic heterocycles. The van der Waals surface area contributed by atoms with Crippen molar-refractivity contribution in [3.63, 3.8) is 0 Å². The van der Waals surface area contributed by atoms with E-state index in [1.54, 1.807) is 17.9 Å². The fourth-order valence-corrected chi connectivity index (χ4v) is 0.573. The maximum Gasteiger partial charge on any atom is 0.226 e. The van der Waals surface area contributed by atoms with E-state index in [9.17, 15) is 0 Å². The van der Waals surface area contributed by atoms with Gasteiger partial charge in [-0.05, 0) is 0 Å². The molecular formula is C5H8N4. The van der Waals surface area contributed by atoms with E-state index in [2.05, 4.69) is 15.0 Å². The average Bonchev–Trinajstić information content (AvgIpc) is 1.89. The first-order valence-corrected chi connectivity index (χ1v) is 2.60. The molecule has 0 aliphatic heterocycles. The average molecular weight is 124 g/mol. The van der Waals surface area contributed by atoms with Crippen molar-refractivity contribution in [2.45, 2.75) is 0 Å². The minimum atomic E-state index is 0.685. The molecule has 0 saturated carbocycles. The Balaban J connectivity index is 3.33. The lowest BCUT2D eigenvalue weighted by molar-refractivity contribution is 0.740. The first-order valence-electron chi connectivity index (χ1n) is 2.60. The molecule has 0 bridgehead atoms. The van der Waals surface area contributed by atoms with Crippen LogP contribution >= 0.6 is 0 Å². The van der Waals surface area contributed by atoms with Gasteiger partial charge in [-0.25, -0.2) is 9.97 Å². The third kappa shape index (κ3) is 1.13. The number of hydrogen-bond donors (Lipinski definition) is 0. The van der Waals surface area contributed by atoms with Crippen LogP contribution in [0.15, 0.2) is 17.6 Å². The molecule has 0 unspecified atom stereocenters. The van der Waals surface area contributed by atoms with Crippen LogP contribution in [-0.2, 0) is 7.05 Å². The monoisotopic (exact) mass is 124 g/mol. The van der Waals surface area contributed by atoms with E-state index in [0.29, 0.717) is 5.62 Å². The minimum absolute atomic E-state index is 0.685. The van der Waals surface area contributed by atoms with Crippen LogP contribution in [-0.4, -0.2) is 21.6 Å². The van der Waals surface area contributed by atoms with E-state index < -0.39 is 0 Å². The highest BCUT2D eigenvalue weighted by molar-refractivity contribution is 4.60. The van der Waals surface area contributed by atoms with Crippen LogP contribution in [0.25, 0.3) is 0 Å². The van der Waals surface area contributed by atoms with E-state index >= 15 is 0 Å². The van der Waals surface area contributed by atoms with E-state index in [-0.39, 0.29) is 0 Å². The molecule has 0 saturated heterocycles. The van der Waals surface area contributed by atoms with Gasteiger partial charge in [-0.15, -0.1) is 0 Å². The standard InChI is InChI=1S/C5H8N4/c1-6-5-8-3-7-4-9(5)2/h3-4H,1-2H3. The zero-order valence-corrected chi connectivity index (χ0v) is 5.44. The van der Waals surface area contributed by atoms with Gasteiger partial charge in [-0.3, -0.25) is 4.99 Å². The van der Waals surface area contributed by atoms with Crippen molar-refractivity contribution in [1.29, 1.82) is 0 Å². The summed E-state index contributed by atoms with van der Waals surface area (Å²) in [5.41, 5.74) is 0.685. The zero-order valence-electron chi connectivity index (χ0n) is 5.44. The van der Waals surface area contributed by atoms with Crippen molar-refractivity contribution in [2.24, 2.45) is 12.0 Å². The quantitative estimate of drug-likeness (QED) is 0.461. The van der Waals surface area contributed by atoms with Crippen LogP contribution < -0.4 is 5.62 Å². The Morgan fingerprint density at radius 2 is 2.44 bits per heavy atom. The van der Waals surface area contributed by atoms with Gasteiger partial charge in [-0.1, -0.05) is 0 Å². The van der Waals surface area contributed by atoms with Crippen LogP contribution in [0, 0.1) is 0 Å². The smallest absolute Gasteiger partial charge is 0.226 e. The highest BCUT2D eigenvalue weighted by atomic mass is 15.1. The summed E-state index contributed by atoms with van der Waals surface area (Å²) in [4.78, 5) is 11.5. The molecule has 1 aromatic rings. The summed E-state index contributed by atoms with van der Waals surface area (Å²) in [6.07, 6.45) is 3.14. The van der Waals surface area contributed by atoms with E-state index in [0.717, 1.165) is 0 Å². The predicted molar refractivity (Wildman–Crippen MR) is 32.5 cm³/mol. The molecule has 48 valence electrons. The Morgan fingerprint density at radius 3 is 2.89 bits per heavy atom. The summed E-state index contributed by atoms with van der Waals surface area (Å²) in [5.74, 6) is 0. The van der Waals surface area contributed by atoms with Crippen LogP contribution in [0.3, 0.4) is 0 Å². The van der Waals surface area contributed by atoms with Gasteiger partial charge in [0.15, 0.2) is 0 Å². The molecule has 0 aliphatic rings. The molecule has 0 radical (unpaired) electrons. The molecule has 0 spiro atoms. The SMILES string of the molecule is CN=c1ncncn1C. The van der Waals surface area contributed by atoms with Crippen molar-refractivity contribution < 1.29 is 0 Å². The van der Waals surface area contributed by atoms with Gasteiger partial charge in [0.05, 0.1) is 6.33 Å². The fourth-order valence-electron chi connectivity index (χ4n) is 0.573. The number of aromatic nitrogens is 3. The largest absolute Gasteiger partial charge is 0.304 e. The molecule has 0 atom stereocenters. The predicted octanol–water partition coefficient (Wildman–Crippen LogP) is -0.654. The summed E-state index contributed by atoms with van der Waals surface area (Å²) in [6, 6.07) is 0. The normalized spacial score (nSPS) is 12.0. The van der Waals surface area contributed by atoms with Crippen LogP contribution in [0.1, 0.15) is 0 Å². The number of rotatable bonds is 0. The van der Waals surface area contributed by atoms with Gasteiger partial charge in [-0.2, -0.15) is 0 Å². The lowest BCUT2D eigenvalue weighted by Gasteiger charge is -1.92. The lowest BCUT2D eigenvalue weighted by Crippen LogP contribution is -2.20. The highest BCUT2D eigenvalue weighted by Gasteiger charge is 1.80. The van der Waals surface area contributed by atoms with E-state index in [1.165, 1.54) is 6.33 Å². The van der Waals surface area contributed by atoms with Gasteiger partial charge in [0.2, 0.25) is 5.62 Å². The Morgan fingerprint density at radius 1 is 1.67 bits per heavy atom. The van der Waals surface area contributed by atoms with Crippen LogP contribution in [0.2, 0.25) is 0 Å². The van der Waals surface area contributed by atoms with Crippen molar-refractivity contribution in [3.8, 4) is 0 Å². The summed E-state index contributed by atoms with van der Waals surface area (Å²) < 4.78 is 1.75. The molecular weight excluding hydrogens is 116 g/mol. The van der Waals surface area contributed by atoms with Crippen molar-refractivity contribution in [2.75, 3.05) is 7.05 Å². The highest BCUT2D eigenvalue weighted by Crippen LogP contribution is 1.62. The number of hydrogen-bond acceptors (Lipinski definition) is 3. The second kappa shape index (κ2) is 2.39. The molecule has 0 fully saturated rings. The first-order chi connectivity index (χ1) is 4.34. The fraction of sp³-hybridized carbons (Fsp3) is 0.400. The topological polar surface area (TPSA) is 43.1 Å². The van der Waals surface area contributed by atoms with Gasteiger partial charge in [0.25, 0.3) is 0 Å². The molecule has 1 rings (SSSR count). The Labute approximate surface area is 52.9 Å². The maximum absolute atomic E-state index is 3.88. The van der Waals surface area contributed by atoms with Gasteiger partial charge < -0.3 is 4.57 Å². The first kappa shape index (κ1) is 5.94. The van der Waals surface area contributed by atoms with Crippen molar-refractivity contribution in [3.05, 3.63) is 18.3 Å². The lowest BCUT2D eigenvalue weighted by atomic mass is 10.9. The molecule has 0 aromatic carbocycles. The zero-order chi connectivity index (χ0) is 6.69.